The molecule has 0 aliphatic rings. The lowest BCUT2D eigenvalue weighted by atomic mass is 10.1. The van der Waals surface area contributed by atoms with Gasteiger partial charge in [-0.25, -0.2) is 9.67 Å². The fourth-order valence-electron chi connectivity index (χ4n) is 1.58. The number of nitrogens with zero attached hydrogens (tertiary/aromatic N) is 5. The van der Waals surface area contributed by atoms with Gasteiger partial charge >= 0.3 is 0 Å². The minimum atomic E-state index is -0.130. The highest BCUT2D eigenvalue weighted by Gasteiger charge is 2.11. The van der Waals surface area contributed by atoms with Crippen molar-refractivity contribution in [3.63, 3.8) is 0 Å². The van der Waals surface area contributed by atoms with Crippen LogP contribution >= 0.6 is 0 Å². The van der Waals surface area contributed by atoms with Crippen molar-refractivity contribution in [2.45, 2.75) is 0 Å². The zero-order valence-electron chi connectivity index (χ0n) is 10.5. The molecule has 1 amide bonds. The van der Waals surface area contributed by atoms with Crippen LogP contribution in [0, 0.1) is 11.3 Å². The van der Waals surface area contributed by atoms with Gasteiger partial charge in [-0.2, -0.15) is 5.26 Å². The molecule has 19 heavy (non-hydrogen) atoms. The van der Waals surface area contributed by atoms with E-state index >= 15 is 0 Å². The van der Waals surface area contributed by atoms with Gasteiger partial charge in [-0.3, -0.25) is 4.79 Å². The van der Waals surface area contributed by atoms with Gasteiger partial charge in [0.05, 0.1) is 11.4 Å². The second-order valence-electron chi connectivity index (χ2n) is 4.10. The molecule has 1 aromatic heterocycles. The van der Waals surface area contributed by atoms with Gasteiger partial charge < -0.3 is 10.6 Å². The Kier molecular flexibility index (Phi) is 3.16. The van der Waals surface area contributed by atoms with Gasteiger partial charge in [0.1, 0.15) is 12.4 Å². The average molecular weight is 256 g/mol. The molecule has 1 aromatic carbocycles. The summed E-state index contributed by atoms with van der Waals surface area (Å²) in [5, 5.41) is 12.6. The van der Waals surface area contributed by atoms with E-state index in [0.29, 0.717) is 16.9 Å². The van der Waals surface area contributed by atoms with Gasteiger partial charge in [0.2, 0.25) is 0 Å². The van der Waals surface area contributed by atoms with E-state index in [1.165, 1.54) is 15.9 Å². The maximum absolute atomic E-state index is 11.8. The molecule has 0 saturated carbocycles. The monoisotopic (exact) mass is 256 g/mol. The zero-order chi connectivity index (χ0) is 14.0. The van der Waals surface area contributed by atoms with Crippen molar-refractivity contribution in [2.24, 2.45) is 0 Å². The molecule has 0 unspecified atom stereocenters. The number of nitriles is 1. The number of carbonyl (C=O) groups excluding carboxylic acids is 1. The van der Waals surface area contributed by atoms with E-state index < -0.39 is 0 Å². The molecule has 0 radical (unpaired) electrons. The summed E-state index contributed by atoms with van der Waals surface area (Å²) < 4.78 is 1.40. The van der Waals surface area contributed by atoms with Crippen LogP contribution in [0.15, 0.2) is 24.5 Å². The van der Waals surface area contributed by atoms with E-state index in [-0.39, 0.29) is 11.7 Å². The molecule has 0 aliphatic carbocycles. The molecule has 1 heterocycles. The summed E-state index contributed by atoms with van der Waals surface area (Å²) in [6, 6.07) is 6.73. The summed E-state index contributed by atoms with van der Waals surface area (Å²) in [4.78, 5) is 17.1. The summed E-state index contributed by atoms with van der Waals surface area (Å²) >= 11 is 0. The Morgan fingerprint density at radius 3 is 2.74 bits per heavy atom. The predicted molar refractivity (Wildman–Crippen MR) is 68.5 cm³/mol. The van der Waals surface area contributed by atoms with Crippen molar-refractivity contribution in [3.8, 4) is 11.8 Å². The lowest BCUT2D eigenvalue weighted by molar-refractivity contribution is 0.0827. The molecule has 0 saturated heterocycles. The first kappa shape index (κ1) is 12.6. The number of anilines is 1. The van der Waals surface area contributed by atoms with E-state index in [4.69, 9.17) is 11.0 Å². The molecular weight excluding hydrogens is 244 g/mol. The molecule has 96 valence electrons. The molecule has 7 nitrogen and oxygen atoms in total. The molecular formula is C12H12N6O. The maximum Gasteiger partial charge on any atom is 0.253 e. The number of nitrogen functional groups attached to an aromatic ring is 1. The highest BCUT2D eigenvalue weighted by Crippen LogP contribution is 2.18. The van der Waals surface area contributed by atoms with Crippen molar-refractivity contribution in [1.29, 1.82) is 5.26 Å². The summed E-state index contributed by atoms with van der Waals surface area (Å²) in [6.07, 6.45) is 1.40. The lowest BCUT2D eigenvalue weighted by Gasteiger charge is -2.12. The van der Waals surface area contributed by atoms with E-state index in [2.05, 4.69) is 10.1 Å². The third-order valence-corrected chi connectivity index (χ3v) is 2.52. The zero-order valence-corrected chi connectivity index (χ0v) is 10.5. The standard InChI is InChI=1S/C12H12N6O/c1-17(2)12(19)8-3-4-10(9(14)5-8)18-7-15-11(6-13)16-18/h3-5,7H,14H2,1-2H3. The molecule has 2 aromatic rings. The van der Waals surface area contributed by atoms with Gasteiger partial charge in [-0.1, -0.05) is 0 Å². The summed E-state index contributed by atoms with van der Waals surface area (Å²) in [7, 11) is 3.34. The third-order valence-electron chi connectivity index (χ3n) is 2.52. The molecule has 0 spiro atoms. The Morgan fingerprint density at radius 2 is 2.21 bits per heavy atom. The number of amides is 1. The van der Waals surface area contributed by atoms with E-state index in [0.717, 1.165) is 0 Å². The fraction of sp³-hybridized carbons (Fsp3) is 0.167. The quantitative estimate of drug-likeness (QED) is 0.785. The Morgan fingerprint density at radius 1 is 1.47 bits per heavy atom. The van der Waals surface area contributed by atoms with Crippen LogP contribution in [0.25, 0.3) is 5.69 Å². The Balaban J connectivity index is 2.40. The fourth-order valence-corrected chi connectivity index (χ4v) is 1.58. The van der Waals surface area contributed by atoms with Gasteiger partial charge in [0, 0.05) is 19.7 Å². The highest BCUT2D eigenvalue weighted by atomic mass is 16.2. The first-order valence-electron chi connectivity index (χ1n) is 5.46. The van der Waals surface area contributed by atoms with Crippen molar-refractivity contribution in [3.05, 3.63) is 35.9 Å². The van der Waals surface area contributed by atoms with Gasteiger partial charge in [0.15, 0.2) is 0 Å². The third kappa shape index (κ3) is 2.37. The van der Waals surface area contributed by atoms with Crippen molar-refractivity contribution in [2.75, 3.05) is 19.8 Å². The molecule has 0 aliphatic heterocycles. The van der Waals surface area contributed by atoms with Crippen LogP contribution < -0.4 is 5.73 Å². The number of hydrogen-bond acceptors (Lipinski definition) is 5. The normalized spacial score (nSPS) is 9.95. The van der Waals surface area contributed by atoms with Crippen molar-refractivity contribution < 1.29 is 4.79 Å². The largest absolute Gasteiger partial charge is 0.397 e. The van der Waals surface area contributed by atoms with Crippen LogP contribution in [0.3, 0.4) is 0 Å². The number of carbonyl (C=O) groups is 1. The minimum Gasteiger partial charge on any atom is -0.397 e. The number of rotatable bonds is 2. The lowest BCUT2D eigenvalue weighted by Crippen LogP contribution is -2.21. The smallest absolute Gasteiger partial charge is 0.253 e. The summed E-state index contributed by atoms with van der Waals surface area (Å²) in [5.41, 5.74) is 7.36. The molecule has 2 rings (SSSR count). The van der Waals surface area contributed by atoms with E-state index in [1.807, 2.05) is 6.07 Å². The molecule has 0 bridgehead atoms. The molecule has 7 heteroatoms. The summed E-state index contributed by atoms with van der Waals surface area (Å²) in [5.74, 6) is -0.0672. The Bertz CT molecular complexity index is 667. The first-order chi connectivity index (χ1) is 9.02. The van der Waals surface area contributed by atoms with Crippen LogP contribution in [0.5, 0.6) is 0 Å². The van der Waals surface area contributed by atoms with Gasteiger partial charge in [-0.05, 0) is 18.2 Å². The van der Waals surface area contributed by atoms with Crippen LogP contribution in [0.1, 0.15) is 16.2 Å². The topological polar surface area (TPSA) is 101 Å². The minimum absolute atomic E-state index is 0.0628. The second kappa shape index (κ2) is 4.78. The molecule has 0 atom stereocenters. The van der Waals surface area contributed by atoms with E-state index in [1.54, 1.807) is 32.3 Å². The SMILES string of the molecule is CN(C)C(=O)c1ccc(-n2cnc(C#N)n2)c(N)c1. The van der Waals surface area contributed by atoms with E-state index in [9.17, 15) is 4.79 Å². The van der Waals surface area contributed by atoms with Crippen molar-refractivity contribution >= 4 is 11.6 Å². The first-order valence-corrected chi connectivity index (χ1v) is 5.46. The second-order valence-corrected chi connectivity index (χ2v) is 4.10. The van der Waals surface area contributed by atoms with Crippen LogP contribution in [0.4, 0.5) is 5.69 Å². The van der Waals surface area contributed by atoms with Crippen LogP contribution in [-0.2, 0) is 0 Å². The predicted octanol–water partition coefficient (Wildman–Crippen LogP) is 0.423. The van der Waals surface area contributed by atoms with Gasteiger partial charge in [-0.15, -0.1) is 5.10 Å². The van der Waals surface area contributed by atoms with Gasteiger partial charge in [0.25, 0.3) is 11.7 Å². The highest BCUT2D eigenvalue weighted by molar-refractivity contribution is 5.95. The number of aromatic nitrogens is 3. The number of hydrogen-bond donors (Lipinski definition) is 1. The maximum atomic E-state index is 11.8. The summed E-state index contributed by atoms with van der Waals surface area (Å²) in [6.45, 7) is 0. The molecule has 2 N–H and O–H groups in total. The van der Waals surface area contributed by atoms with Crippen molar-refractivity contribution in [1.82, 2.24) is 19.7 Å². The van der Waals surface area contributed by atoms with Crippen LogP contribution in [-0.4, -0.2) is 39.7 Å². The average Bonchev–Trinajstić information content (AvgIpc) is 2.86. The number of nitrogens with two attached hydrogens (primary N) is 1. The van der Waals surface area contributed by atoms with Crippen LogP contribution in [0.2, 0.25) is 0 Å². The Hall–Kier alpha value is -2.88. The molecule has 0 fully saturated rings. The number of benzene rings is 1. The Labute approximate surface area is 109 Å².